The summed E-state index contributed by atoms with van der Waals surface area (Å²) in [6.07, 6.45) is 3.59. The van der Waals surface area contributed by atoms with Crippen molar-refractivity contribution in [1.82, 2.24) is 9.97 Å². The standard InChI is InChI=1S/C18H26N4/c1-5-6-7-10-19-18-20-15(4)12-17(22-18)21-16-9-8-13(2)11-14(16)3/h8-9,11-12H,5-7,10H2,1-4H3,(H2,19,20,21,22). The molecule has 2 aromatic rings. The van der Waals surface area contributed by atoms with Gasteiger partial charge in [-0.15, -0.1) is 0 Å². The SMILES string of the molecule is CCCCCNc1nc(C)cc(Nc2ccc(C)cc2C)n1. The Morgan fingerprint density at radius 3 is 2.55 bits per heavy atom. The highest BCUT2D eigenvalue weighted by molar-refractivity contribution is 5.61. The number of anilines is 3. The Bertz CT molecular complexity index is 622. The maximum atomic E-state index is 4.56. The van der Waals surface area contributed by atoms with E-state index in [0.717, 1.165) is 30.2 Å². The monoisotopic (exact) mass is 298 g/mol. The number of hydrogen-bond acceptors (Lipinski definition) is 4. The molecule has 0 atom stereocenters. The van der Waals surface area contributed by atoms with E-state index >= 15 is 0 Å². The lowest BCUT2D eigenvalue weighted by atomic mass is 10.1. The van der Waals surface area contributed by atoms with Crippen LogP contribution in [0, 0.1) is 20.8 Å². The molecular weight excluding hydrogens is 272 g/mol. The molecule has 2 N–H and O–H groups in total. The predicted octanol–water partition coefficient (Wildman–Crippen LogP) is 4.75. The van der Waals surface area contributed by atoms with Gasteiger partial charge >= 0.3 is 0 Å². The Balaban J connectivity index is 2.08. The fourth-order valence-corrected chi connectivity index (χ4v) is 2.38. The van der Waals surface area contributed by atoms with Crippen molar-refractivity contribution >= 4 is 17.5 Å². The second kappa shape index (κ2) is 7.78. The number of benzene rings is 1. The van der Waals surface area contributed by atoms with Crippen LogP contribution in [0.3, 0.4) is 0 Å². The average molecular weight is 298 g/mol. The topological polar surface area (TPSA) is 49.8 Å². The zero-order chi connectivity index (χ0) is 15.9. The van der Waals surface area contributed by atoms with Crippen LogP contribution in [-0.4, -0.2) is 16.5 Å². The summed E-state index contributed by atoms with van der Waals surface area (Å²) in [6.45, 7) is 9.32. The minimum Gasteiger partial charge on any atom is -0.354 e. The third-order valence-corrected chi connectivity index (χ3v) is 3.56. The Hall–Kier alpha value is -2.10. The summed E-state index contributed by atoms with van der Waals surface area (Å²) < 4.78 is 0. The molecule has 0 bridgehead atoms. The van der Waals surface area contributed by atoms with Gasteiger partial charge in [0.2, 0.25) is 5.95 Å². The summed E-state index contributed by atoms with van der Waals surface area (Å²) in [6, 6.07) is 8.33. The summed E-state index contributed by atoms with van der Waals surface area (Å²) >= 11 is 0. The quantitative estimate of drug-likeness (QED) is 0.724. The molecule has 0 aliphatic rings. The molecule has 0 saturated carbocycles. The van der Waals surface area contributed by atoms with E-state index < -0.39 is 0 Å². The molecule has 1 aromatic heterocycles. The van der Waals surface area contributed by atoms with Gasteiger partial charge in [-0.05, 0) is 38.8 Å². The zero-order valence-electron chi connectivity index (χ0n) is 14.0. The Morgan fingerprint density at radius 1 is 1.00 bits per heavy atom. The van der Waals surface area contributed by atoms with Crippen LogP contribution in [-0.2, 0) is 0 Å². The molecule has 4 heteroatoms. The van der Waals surface area contributed by atoms with Gasteiger partial charge in [-0.25, -0.2) is 4.98 Å². The molecule has 1 aromatic carbocycles. The Labute approximate surface area is 133 Å². The van der Waals surface area contributed by atoms with Crippen LogP contribution in [0.2, 0.25) is 0 Å². The molecule has 118 valence electrons. The number of nitrogens with one attached hydrogen (secondary N) is 2. The minimum absolute atomic E-state index is 0.698. The first-order valence-corrected chi connectivity index (χ1v) is 8.02. The van der Waals surface area contributed by atoms with Gasteiger partial charge in [-0.1, -0.05) is 37.5 Å². The molecule has 0 radical (unpaired) electrons. The molecule has 0 unspecified atom stereocenters. The van der Waals surface area contributed by atoms with Crippen molar-refractivity contribution in [1.29, 1.82) is 0 Å². The molecule has 0 spiro atoms. The molecule has 0 fully saturated rings. The van der Waals surface area contributed by atoms with Gasteiger partial charge in [0, 0.05) is 24.0 Å². The zero-order valence-corrected chi connectivity index (χ0v) is 14.0. The molecule has 22 heavy (non-hydrogen) atoms. The van der Waals surface area contributed by atoms with E-state index in [1.807, 2.05) is 13.0 Å². The van der Waals surface area contributed by atoms with Crippen molar-refractivity contribution < 1.29 is 0 Å². The molecule has 4 nitrogen and oxygen atoms in total. The lowest BCUT2D eigenvalue weighted by Crippen LogP contribution is -2.07. The van der Waals surface area contributed by atoms with Crippen molar-refractivity contribution in [2.75, 3.05) is 17.2 Å². The predicted molar refractivity (Wildman–Crippen MR) is 94.0 cm³/mol. The molecule has 0 amide bonds. The number of rotatable bonds is 7. The molecule has 0 saturated heterocycles. The van der Waals surface area contributed by atoms with Crippen LogP contribution < -0.4 is 10.6 Å². The highest BCUT2D eigenvalue weighted by Gasteiger charge is 2.04. The normalized spacial score (nSPS) is 10.5. The van der Waals surface area contributed by atoms with Crippen molar-refractivity contribution in [2.45, 2.75) is 47.0 Å². The smallest absolute Gasteiger partial charge is 0.224 e. The van der Waals surface area contributed by atoms with Gasteiger partial charge in [-0.3, -0.25) is 0 Å². The van der Waals surface area contributed by atoms with Crippen molar-refractivity contribution in [3.8, 4) is 0 Å². The minimum atomic E-state index is 0.698. The highest BCUT2D eigenvalue weighted by atomic mass is 15.1. The fraction of sp³-hybridized carbons (Fsp3) is 0.444. The number of aryl methyl sites for hydroxylation is 3. The van der Waals surface area contributed by atoms with Gasteiger partial charge in [0.05, 0.1) is 0 Å². The lowest BCUT2D eigenvalue weighted by molar-refractivity contribution is 0.740. The third kappa shape index (κ3) is 4.72. The van der Waals surface area contributed by atoms with Crippen LogP contribution in [0.5, 0.6) is 0 Å². The van der Waals surface area contributed by atoms with Crippen LogP contribution >= 0.6 is 0 Å². The Morgan fingerprint density at radius 2 is 1.82 bits per heavy atom. The first-order valence-electron chi connectivity index (χ1n) is 8.02. The van der Waals surface area contributed by atoms with Crippen molar-refractivity contribution in [3.05, 3.63) is 41.1 Å². The first kappa shape index (κ1) is 16.3. The number of nitrogens with zero attached hydrogens (tertiary/aromatic N) is 2. The van der Waals surface area contributed by atoms with Gasteiger partial charge in [0.25, 0.3) is 0 Å². The number of hydrogen-bond donors (Lipinski definition) is 2. The van der Waals surface area contributed by atoms with E-state index in [1.165, 1.54) is 24.0 Å². The summed E-state index contributed by atoms with van der Waals surface area (Å²) in [5, 5.41) is 6.70. The lowest BCUT2D eigenvalue weighted by Gasteiger charge is -2.12. The Kier molecular flexibility index (Phi) is 5.75. The van der Waals surface area contributed by atoms with E-state index in [0.29, 0.717) is 5.95 Å². The van der Waals surface area contributed by atoms with Crippen molar-refractivity contribution in [3.63, 3.8) is 0 Å². The third-order valence-electron chi connectivity index (χ3n) is 3.56. The molecule has 1 heterocycles. The van der Waals surface area contributed by atoms with E-state index in [9.17, 15) is 0 Å². The van der Waals surface area contributed by atoms with Gasteiger partial charge in [-0.2, -0.15) is 4.98 Å². The maximum Gasteiger partial charge on any atom is 0.224 e. The molecule has 0 aliphatic heterocycles. The molecule has 0 aliphatic carbocycles. The van der Waals surface area contributed by atoms with Gasteiger partial charge in [0.15, 0.2) is 0 Å². The fourth-order valence-electron chi connectivity index (χ4n) is 2.38. The summed E-state index contributed by atoms with van der Waals surface area (Å²) in [5.74, 6) is 1.53. The van der Waals surface area contributed by atoms with Crippen molar-refractivity contribution in [2.24, 2.45) is 0 Å². The summed E-state index contributed by atoms with van der Waals surface area (Å²) in [4.78, 5) is 9.00. The van der Waals surface area contributed by atoms with Crippen LogP contribution in [0.25, 0.3) is 0 Å². The van der Waals surface area contributed by atoms with Crippen LogP contribution in [0.1, 0.15) is 43.0 Å². The second-order valence-electron chi connectivity index (χ2n) is 5.80. The van der Waals surface area contributed by atoms with Gasteiger partial charge in [0.1, 0.15) is 5.82 Å². The molecular formula is C18H26N4. The van der Waals surface area contributed by atoms with E-state index in [2.05, 4.69) is 59.6 Å². The van der Waals surface area contributed by atoms with Gasteiger partial charge < -0.3 is 10.6 Å². The highest BCUT2D eigenvalue weighted by Crippen LogP contribution is 2.21. The van der Waals surface area contributed by atoms with Crippen LogP contribution in [0.15, 0.2) is 24.3 Å². The largest absolute Gasteiger partial charge is 0.354 e. The number of unbranched alkanes of at least 4 members (excludes halogenated alkanes) is 2. The summed E-state index contributed by atoms with van der Waals surface area (Å²) in [7, 11) is 0. The van der Waals surface area contributed by atoms with E-state index in [1.54, 1.807) is 0 Å². The van der Waals surface area contributed by atoms with Crippen LogP contribution in [0.4, 0.5) is 17.5 Å². The molecule has 2 rings (SSSR count). The number of aromatic nitrogens is 2. The average Bonchev–Trinajstić information content (AvgIpc) is 2.46. The van der Waals surface area contributed by atoms with E-state index in [4.69, 9.17) is 0 Å². The second-order valence-corrected chi connectivity index (χ2v) is 5.80. The van der Waals surface area contributed by atoms with E-state index in [-0.39, 0.29) is 0 Å². The summed E-state index contributed by atoms with van der Waals surface area (Å²) in [5.41, 5.74) is 4.52. The first-order chi connectivity index (χ1) is 10.6. The maximum absolute atomic E-state index is 4.56.